The monoisotopic (exact) mass is 317 g/mol. The Balaban J connectivity index is 1.82. The number of carbonyl (C=O) groups excluding carboxylic acids is 2. The Labute approximate surface area is 134 Å². The van der Waals surface area contributed by atoms with Crippen LogP contribution in [0, 0.1) is 6.92 Å². The summed E-state index contributed by atoms with van der Waals surface area (Å²) in [6.07, 6.45) is 0.143. The molecule has 0 aliphatic heterocycles. The fourth-order valence-electron chi connectivity index (χ4n) is 1.87. The zero-order chi connectivity index (χ0) is 15.9. The van der Waals surface area contributed by atoms with Gasteiger partial charge in [-0.3, -0.25) is 9.59 Å². The van der Waals surface area contributed by atoms with Gasteiger partial charge in [0.15, 0.2) is 6.61 Å². The van der Waals surface area contributed by atoms with E-state index < -0.39 is 11.9 Å². The molecule has 1 N–H and O–H groups in total. The predicted octanol–water partition coefficient (Wildman–Crippen LogP) is 3.37. The SMILES string of the molecule is Cc1ccc(Cl)cc1NC(=O)COC(=O)Cc1ccccc1. The van der Waals surface area contributed by atoms with Gasteiger partial charge in [-0.1, -0.05) is 48.0 Å². The highest BCUT2D eigenvalue weighted by Crippen LogP contribution is 2.19. The van der Waals surface area contributed by atoms with Crippen molar-refractivity contribution in [2.75, 3.05) is 11.9 Å². The van der Waals surface area contributed by atoms with Crippen molar-refractivity contribution in [1.29, 1.82) is 0 Å². The number of hydrogen-bond acceptors (Lipinski definition) is 3. The maximum absolute atomic E-state index is 11.8. The third-order valence-electron chi connectivity index (χ3n) is 3.03. The zero-order valence-corrected chi connectivity index (χ0v) is 12.9. The lowest BCUT2D eigenvalue weighted by molar-refractivity contribution is -0.146. The van der Waals surface area contributed by atoms with E-state index in [1.165, 1.54) is 0 Å². The van der Waals surface area contributed by atoms with Gasteiger partial charge in [-0.15, -0.1) is 0 Å². The Hall–Kier alpha value is -2.33. The lowest BCUT2D eigenvalue weighted by atomic mass is 10.2. The Bertz CT molecular complexity index is 671. The molecule has 0 fully saturated rings. The molecule has 0 spiro atoms. The standard InChI is InChI=1S/C17H16ClNO3/c1-12-7-8-14(18)10-15(12)19-16(20)11-22-17(21)9-13-5-3-2-4-6-13/h2-8,10H,9,11H2,1H3,(H,19,20). The number of anilines is 1. The van der Waals surface area contributed by atoms with Gasteiger partial charge in [0, 0.05) is 10.7 Å². The van der Waals surface area contributed by atoms with Crippen LogP contribution in [0.15, 0.2) is 48.5 Å². The molecule has 0 aliphatic carbocycles. The maximum atomic E-state index is 11.8. The van der Waals surface area contributed by atoms with Gasteiger partial charge >= 0.3 is 5.97 Å². The second-order valence-corrected chi connectivity index (χ2v) is 5.27. The number of halogens is 1. The minimum absolute atomic E-state index is 0.143. The molecule has 2 aromatic rings. The van der Waals surface area contributed by atoms with Crippen LogP contribution in [0.4, 0.5) is 5.69 Å². The first-order chi connectivity index (χ1) is 10.5. The van der Waals surface area contributed by atoms with E-state index in [0.29, 0.717) is 10.7 Å². The van der Waals surface area contributed by atoms with Crippen molar-refractivity contribution >= 4 is 29.2 Å². The number of nitrogens with one attached hydrogen (secondary N) is 1. The Kier molecular flexibility index (Phi) is 5.55. The largest absolute Gasteiger partial charge is 0.455 e. The summed E-state index contributed by atoms with van der Waals surface area (Å²) < 4.78 is 4.97. The van der Waals surface area contributed by atoms with E-state index in [4.69, 9.17) is 16.3 Å². The van der Waals surface area contributed by atoms with E-state index in [9.17, 15) is 9.59 Å². The Morgan fingerprint density at radius 3 is 2.59 bits per heavy atom. The third-order valence-corrected chi connectivity index (χ3v) is 3.26. The maximum Gasteiger partial charge on any atom is 0.310 e. The van der Waals surface area contributed by atoms with Crippen LogP contribution < -0.4 is 5.32 Å². The Morgan fingerprint density at radius 2 is 1.86 bits per heavy atom. The van der Waals surface area contributed by atoms with Crippen LogP contribution in [0.3, 0.4) is 0 Å². The smallest absolute Gasteiger partial charge is 0.310 e. The molecule has 0 radical (unpaired) electrons. The number of carbonyl (C=O) groups is 2. The predicted molar refractivity (Wildman–Crippen MR) is 85.9 cm³/mol. The molecule has 1 amide bonds. The number of esters is 1. The first-order valence-electron chi connectivity index (χ1n) is 6.80. The minimum atomic E-state index is -0.441. The number of amides is 1. The summed E-state index contributed by atoms with van der Waals surface area (Å²) in [5.41, 5.74) is 2.34. The number of ether oxygens (including phenoxy) is 1. The molecule has 2 aromatic carbocycles. The van der Waals surface area contributed by atoms with Crippen molar-refractivity contribution in [3.8, 4) is 0 Å². The molecule has 5 heteroatoms. The molecule has 0 saturated heterocycles. The molecule has 0 aliphatic rings. The number of rotatable bonds is 5. The van der Waals surface area contributed by atoms with E-state index in [0.717, 1.165) is 11.1 Å². The molecule has 0 heterocycles. The Morgan fingerprint density at radius 1 is 1.14 bits per heavy atom. The summed E-state index contributed by atoms with van der Waals surface area (Å²) in [4.78, 5) is 23.5. The molecular formula is C17H16ClNO3. The molecule has 0 aromatic heterocycles. The minimum Gasteiger partial charge on any atom is -0.455 e. The highest BCUT2D eigenvalue weighted by atomic mass is 35.5. The van der Waals surface area contributed by atoms with Crippen LogP contribution >= 0.6 is 11.6 Å². The normalized spacial score (nSPS) is 10.1. The van der Waals surface area contributed by atoms with Crippen LogP contribution in [0.2, 0.25) is 5.02 Å². The summed E-state index contributed by atoms with van der Waals surface area (Å²) in [6.45, 7) is 1.53. The van der Waals surface area contributed by atoms with Crippen LogP contribution in [0.5, 0.6) is 0 Å². The molecule has 0 bridgehead atoms. The molecule has 4 nitrogen and oxygen atoms in total. The zero-order valence-electron chi connectivity index (χ0n) is 12.1. The van der Waals surface area contributed by atoms with Gasteiger partial charge in [-0.05, 0) is 30.2 Å². The third kappa shape index (κ3) is 4.90. The van der Waals surface area contributed by atoms with Crippen molar-refractivity contribution in [2.24, 2.45) is 0 Å². The van der Waals surface area contributed by atoms with Gasteiger partial charge in [-0.25, -0.2) is 0 Å². The van der Waals surface area contributed by atoms with E-state index in [1.54, 1.807) is 18.2 Å². The highest BCUT2D eigenvalue weighted by Gasteiger charge is 2.10. The first kappa shape index (κ1) is 16.0. The van der Waals surface area contributed by atoms with E-state index in [-0.39, 0.29) is 13.0 Å². The van der Waals surface area contributed by atoms with Gasteiger partial charge in [0.25, 0.3) is 5.91 Å². The average Bonchev–Trinajstić information content (AvgIpc) is 2.50. The van der Waals surface area contributed by atoms with Gasteiger partial charge < -0.3 is 10.1 Å². The number of aryl methyl sites for hydroxylation is 1. The second kappa shape index (κ2) is 7.61. The second-order valence-electron chi connectivity index (χ2n) is 4.83. The lowest BCUT2D eigenvalue weighted by Crippen LogP contribution is -2.22. The fourth-order valence-corrected chi connectivity index (χ4v) is 2.05. The quantitative estimate of drug-likeness (QED) is 0.860. The van der Waals surface area contributed by atoms with E-state index >= 15 is 0 Å². The highest BCUT2D eigenvalue weighted by molar-refractivity contribution is 6.31. The molecule has 0 saturated carbocycles. The van der Waals surface area contributed by atoms with Crippen molar-refractivity contribution in [3.05, 3.63) is 64.7 Å². The fraction of sp³-hybridized carbons (Fsp3) is 0.176. The van der Waals surface area contributed by atoms with Crippen molar-refractivity contribution in [1.82, 2.24) is 0 Å². The van der Waals surface area contributed by atoms with Crippen molar-refractivity contribution in [2.45, 2.75) is 13.3 Å². The molecule has 22 heavy (non-hydrogen) atoms. The number of hydrogen-bond donors (Lipinski definition) is 1. The summed E-state index contributed by atoms with van der Waals surface area (Å²) in [7, 11) is 0. The van der Waals surface area contributed by atoms with Crippen molar-refractivity contribution in [3.63, 3.8) is 0 Å². The van der Waals surface area contributed by atoms with Gasteiger partial charge in [-0.2, -0.15) is 0 Å². The molecule has 0 unspecified atom stereocenters. The topological polar surface area (TPSA) is 55.4 Å². The number of benzene rings is 2. The molecular weight excluding hydrogens is 302 g/mol. The molecule has 0 atom stereocenters. The van der Waals surface area contributed by atoms with Gasteiger partial charge in [0.05, 0.1) is 6.42 Å². The summed E-state index contributed by atoms with van der Waals surface area (Å²) >= 11 is 5.88. The molecule has 114 valence electrons. The van der Waals surface area contributed by atoms with Gasteiger partial charge in [0.2, 0.25) is 0 Å². The molecule has 2 rings (SSSR count). The van der Waals surface area contributed by atoms with E-state index in [2.05, 4.69) is 5.32 Å². The van der Waals surface area contributed by atoms with Crippen molar-refractivity contribution < 1.29 is 14.3 Å². The summed E-state index contributed by atoms with van der Waals surface area (Å²) in [5.74, 6) is -0.837. The van der Waals surface area contributed by atoms with Crippen LogP contribution in [0.25, 0.3) is 0 Å². The lowest BCUT2D eigenvalue weighted by Gasteiger charge is -2.09. The summed E-state index contributed by atoms with van der Waals surface area (Å²) in [5, 5.41) is 3.20. The summed E-state index contributed by atoms with van der Waals surface area (Å²) in [6, 6.07) is 14.4. The first-order valence-corrected chi connectivity index (χ1v) is 7.18. The van der Waals surface area contributed by atoms with Crippen LogP contribution in [-0.4, -0.2) is 18.5 Å². The average molecular weight is 318 g/mol. The van der Waals surface area contributed by atoms with Crippen LogP contribution in [0.1, 0.15) is 11.1 Å². The van der Waals surface area contributed by atoms with Crippen LogP contribution in [-0.2, 0) is 20.7 Å². The van der Waals surface area contributed by atoms with Gasteiger partial charge in [0.1, 0.15) is 0 Å². The van der Waals surface area contributed by atoms with E-state index in [1.807, 2.05) is 37.3 Å².